The van der Waals surface area contributed by atoms with E-state index in [-0.39, 0.29) is 12.3 Å². The molecule has 7 nitrogen and oxygen atoms in total. The Morgan fingerprint density at radius 3 is 2.32 bits per heavy atom. The van der Waals surface area contributed by atoms with Crippen LogP contribution in [0.4, 0.5) is 4.79 Å². The molecule has 1 fully saturated rings. The lowest BCUT2D eigenvalue weighted by Crippen LogP contribution is -2.39. The molecule has 0 unspecified atom stereocenters. The van der Waals surface area contributed by atoms with Crippen molar-refractivity contribution in [3.05, 3.63) is 0 Å². The fourth-order valence-electron chi connectivity index (χ4n) is 1.51. The van der Waals surface area contributed by atoms with Crippen molar-refractivity contribution < 1.29 is 29.4 Å². The molecule has 0 aromatic rings. The molecule has 0 aromatic carbocycles. The monoisotopic (exact) mass is 273 g/mol. The van der Waals surface area contributed by atoms with Crippen LogP contribution in [0.25, 0.3) is 0 Å². The van der Waals surface area contributed by atoms with Crippen LogP contribution in [0.15, 0.2) is 0 Å². The van der Waals surface area contributed by atoms with Gasteiger partial charge in [0.25, 0.3) is 0 Å². The van der Waals surface area contributed by atoms with Crippen LogP contribution in [-0.4, -0.2) is 45.9 Å². The summed E-state index contributed by atoms with van der Waals surface area (Å²) in [5, 5.41) is 16.5. The number of carbonyl (C=O) groups is 4. The maximum atomic E-state index is 10.8. The highest BCUT2D eigenvalue weighted by Crippen LogP contribution is 2.09. The van der Waals surface area contributed by atoms with Gasteiger partial charge in [0.05, 0.1) is 0 Å². The summed E-state index contributed by atoms with van der Waals surface area (Å²) in [5.41, 5.74) is 0. The number of unbranched alkanes of at least 4 members (excludes halogenated alkanes) is 2. The maximum absolute atomic E-state index is 10.8. The number of imide groups is 1. The molecule has 2 N–H and O–H groups in total. The molecule has 0 radical (unpaired) electrons. The SMILES string of the molecule is O=C(O)N1CCCCC1=O.O=CCCCCC(=O)O. The normalized spacial score (nSPS) is 14.3. The zero-order valence-electron chi connectivity index (χ0n) is 10.7. The number of carboxylic acid groups (broad SMARTS) is 2. The molecule has 2 amide bonds. The molecule has 19 heavy (non-hydrogen) atoms. The number of likely N-dealkylation sites (tertiary alicyclic amines) is 1. The highest BCUT2D eigenvalue weighted by Gasteiger charge is 2.22. The summed E-state index contributed by atoms with van der Waals surface area (Å²) < 4.78 is 0. The van der Waals surface area contributed by atoms with Crippen molar-refractivity contribution in [1.82, 2.24) is 4.90 Å². The molecule has 1 rings (SSSR count). The Morgan fingerprint density at radius 1 is 1.21 bits per heavy atom. The Bertz CT molecular complexity index is 328. The lowest BCUT2D eigenvalue weighted by molar-refractivity contribution is -0.137. The lowest BCUT2D eigenvalue weighted by atomic mass is 10.1. The van der Waals surface area contributed by atoms with Crippen LogP contribution in [0, 0.1) is 0 Å². The van der Waals surface area contributed by atoms with Gasteiger partial charge in [0.1, 0.15) is 6.29 Å². The van der Waals surface area contributed by atoms with E-state index in [0.29, 0.717) is 32.2 Å². The average Bonchev–Trinajstić information content (AvgIpc) is 2.35. The van der Waals surface area contributed by atoms with Gasteiger partial charge in [0.2, 0.25) is 5.91 Å². The zero-order valence-corrected chi connectivity index (χ0v) is 10.7. The summed E-state index contributed by atoms with van der Waals surface area (Å²) in [5.74, 6) is -1.06. The van der Waals surface area contributed by atoms with E-state index in [9.17, 15) is 19.2 Å². The van der Waals surface area contributed by atoms with Gasteiger partial charge in [-0.15, -0.1) is 0 Å². The van der Waals surface area contributed by atoms with Gasteiger partial charge >= 0.3 is 12.1 Å². The first-order valence-corrected chi connectivity index (χ1v) is 6.17. The van der Waals surface area contributed by atoms with E-state index >= 15 is 0 Å². The molecule has 1 heterocycles. The zero-order chi connectivity index (χ0) is 14.7. The second-order valence-electron chi connectivity index (χ2n) is 4.09. The molecule has 1 aliphatic rings. The Morgan fingerprint density at radius 2 is 1.89 bits per heavy atom. The van der Waals surface area contributed by atoms with Gasteiger partial charge in [0, 0.05) is 25.8 Å². The molecule has 7 heteroatoms. The number of hydrogen-bond acceptors (Lipinski definition) is 4. The number of nitrogens with zero attached hydrogens (tertiary/aromatic N) is 1. The topological polar surface area (TPSA) is 112 Å². The number of amides is 2. The van der Waals surface area contributed by atoms with Crippen molar-refractivity contribution >= 4 is 24.3 Å². The first kappa shape index (κ1) is 17.1. The lowest BCUT2D eigenvalue weighted by Gasteiger charge is -2.21. The molecule has 1 saturated heterocycles. The third kappa shape index (κ3) is 8.76. The maximum Gasteiger partial charge on any atom is 0.414 e. The van der Waals surface area contributed by atoms with Crippen molar-refractivity contribution in [2.24, 2.45) is 0 Å². The van der Waals surface area contributed by atoms with Crippen LogP contribution in [0.5, 0.6) is 0 Å². The van der Waals surface area contributed by atoms with E-state index in [0.717, 1.165) is 24.0 Å². The number of aliphatic carboxylic acids is 1. The summed E-state index contributed by atoms with van der Waals surface area (Å²) in [4.78, 5) is 41.5. The van der Waals surface area contributed by atoms with Crippen LogP contribution >= 0.6 is 0 Å². The highest BCUT2D eigenvalue weighted by atomic mass is 16.4. The van der Waals surface area contributed by atoms with E-state index in [2.05, 4.69) is 0 Å². The van der Waals surface area contributed by atoms with Gasteiger partial charge in [-0.3, -0.25) is 9.59 Å². The molecular weight excluding hydrogens is 254 g/mol. The number of carbonyl (C=O) groups excluding carboxylic acids is 2. The molecule has 0 saturated carbocycles. The fourth-order valence-corrected chi connectivity index (χ4v) is 1.51. The van der Waals surface area contributed by atoms with Crippen LogP contribution in [0.3, 0.4) is 0 Å². The van der Waals surface area contributed by atoms with Gasteiger partial charge in [-0.1, -0.05) is 0 Å². The number of piperidine rings is 1. The molecule has 1 aliphatic heterocycles. The first-order chi connectivity index (χ1) is 8.99. The van der Waals surface area contributed by atoms with E-state index in [1.807, 2.05) is 0 Å². The average molecular weight is 273 g/mol. The molecule has 0 spiro atoms. The summed E-state index contributed by atoms with van der Waals surface area (Å²) >= 11 is 0. The quantitative estimate of drug-likeness (QED) is 0.580. The van der Waals surface area contributed by atoms with Gasteiger partial charge < -0.3 is 15.0 Å². The van der Waals surface area contributed by atoms with Gasteiger partial charge in [-0.25, -0.2) is 9.69 Å². The Kier molecular flexibility index (Phi) is 9.03. The Balaban J connectivity index is 0.000000344. The molecule has 0 bridgehead atoms. The second kappa shape index (κ2) is 10.0. The molecule has 0 aliphatic carbocycles. The minimum absolute atomic E-state index is 0.174. The smallest absolute Gasteiger partial charge is 0.414 e. The van der Waals surface area contributed by atoms with E-state index in [1.165, 1.54) is 0 Å². The summed E-state index contributed by atoms with van der Waals surface area (Å²) in [7, 11) is 0. The molecular formula is C12H19NO6. The van der Waals surface area contributed by atoms with Gasteiger partial charge in [0.15, 0.2) is 0 Å². The van der Waals surface area contributed by atoms with Crippen molar-refractivity contribution in [3.8, 4) is 0 Å². The minimum atomic E-state index is -1.12. The van der Waals surface area contributed by atoms with E-state index in [4.69, 9.17) is 10.2 Å². The standard InChI is InChI=1S/C6H9NO3.C6H10O3/c8-5-3-1-2-4-7(5)6(9)10;7-5-3-1-2-4-6(8)9/h1-4H2,(H,9,10);5H,1-4H2,(H,8,9). The molecule has 108 valence electrons. The molecule has 0 atom stereocenters. The predicted octanol–water partition coefficient (Wildman–Crippen LogP) is 1.51. The van der Waals surface area contributed by atoms with Crippen LogP contribution in [0.1, 0.15) is 44.9 Å². The van der Waals surface area contributed by atoms with E-state index in [1.54, 1.807) is 0 Å². The number of hydrogen-bond donors (Lipinski definition) is 2. The molecule has 0 aromatic heterocycles. The first-order valence-electron chi connectivity index (χ1n) is 6.17. The Hall–Kier alpha value is -1.92. The van der Waals surface area contributed by atoms with Crippen LogP contribution in [0.2, 0.25) is 0 Å². The van der Waals surface area contributed by atoms with Gasteiger partial charge in [-0.05, 0) is 25.7 Å². The number of aldehydes is 1. The van der Waals surface area contributed by atoms with Crippen molar-refractivity contribution in [3.63, 3.8) is 0 Å². The van der Waals surface area contributed by atoms with Crippen molar-refractivity contribution in [1.29, 1.82) is 0 Å². The Labute approximate surface area is 111 Å². The largest absolute Gasteiger partial charge is 0.481 e. The van der Waals surface area contributed by atoms with Crippen LogP contribution < -0.4 is 0 Å². The third-order valence-electron chi connectivity index (χ3n) is 2.52. The summed E-state index contributed by atoms with van der Waals surface area (Å²) in [6.45, 7) is 0.369. The minimum Gasteiger partial charge on any atom is -0.481 e. The van der Waals surface area contributed by atoms with Crippen molar-refractivity contribution in [2.45, 2.75) is 44.9 Å². The fraction of sp³-hybridized carbons (Fsp3) is 0.667. The number of carboxylic acids is 1. The summed E-state index contributed by atoms with van der Waals surface area (Å²) in [6.07, 6.45) is 3.64. The highest BCUT2D eigenvalue weighted by molar-refractivity contribution is 5.91. The van der Waals surface area contributed by atoms with Crippen LogP contribution in [-0.2, 0) is 14.4 Å². The van der Waals surface area contributed by atoms with E-state index < -0.39 is 12.1 Å². The van der Waals surface area contributed by atoms with Crippen molar-refractivity contribution in [2.75, 3.05) is 6.54 Å². The third-order valence-corrected chi connectivity index (χ3v) is 2.52. The van der Waals surface area contributed by atoms with Gasteiger partial charge in [-0.2, -0.15) is 0 Å². The second-order valence-corrected chi connectivity index (χ2v) is 4.09. The summed E-state index contributed by atoms with van der Waals surface area (Å²) in [6, 6.07) is 0. The predicted molar refractivity (Wildman–Crippen MR) is 65.8 cm³/mol. The number of rotatable bonds is 5.